The van der Waals surface area contributed by atoms with Gasteiger partial charge in [-0.2, -0.15) is 0 Å². The molecule has 19 heavy (non-hydrogen) atoms. The fourth-order valence-electron chi connectivity index (χ4n) is 2.77. The van der Waals surface area contributed by atoms with Gasteiger partial charge >= 0.3 is 0 Å². The van der Waals surface area contributed by atoms with Crippen molar-refractivity contribution in [1.29, 1.82) is 0 Å². The summed E-state index contributed by atoms with van der Waals surface area (Å²) >= 11 is 0. The number of nitrogens with two attached hydrogens (primary N) is 1. The number of nitrogens with one attached hydrogen (secondary N) is 1. The van der Waals surface area contributed by atoms with Gasteiger partial charge in [0.05, 0.1) is 0 Å². The Morgan fingerprint density at radius 2 is 2.05 bits per heavy atom. The molecule has 0 spiro atoms. The minimum absolute atomic E-state index is 0.0301. The van der Waals surface area contributed by atoms with Gasteiger partial charge in [0.25, 0.3) is 0 Å². The van der Waals surface area contributed by atoms with E-state index in [2.05, 4.69) is 5.32 Å². The van der Waals surface area contributed by atoms with Crippen LogP contribution in [0.25, 0.3) is 0 Å². The summed E-state index contributed by atoms with van der Waals surface area (Å²) in [6.45, 7) is 2.04. The number of amides is 1. The molecule has 1 amide bonds. The molecule has 1 aromatic rings. The fourth-order valence-corrected chi connectivity index (χ4v) is 2.77. The van der Waals surface area contributed by atoms with Crippen molar-refractivity contribution >= 4 is 5.91 Å². The number of hydrogen-bond acceptors (Lipinski definition) is 2. The van der Waals surface area contributed by atoms with Crippen LogP contribution < -0.4 is 11.1 Å². The lowest BCUT2D eigenvalue weighted by Crippen LogP contribution is -2.37. The van der Waals surface area contributed by atoms with E-state index in [4.69, 9.17) is 5.73 Å². The van der Waals surface area contributed by atoms with E-state index in [-0.39, 0.29) is 23.7 Å². The third-order valence-corrected chi connectivity index (χ3v) is 3.96. The molecule has 3 nitrogen and oxygen atoms in total. The van der Waals surface area contributed by atoms with Gasteiger partial charge in [-0.15, -0.1) is 0 Å². The highest BCUT2D eigenvalue weighted by Gasteiger charge is 2.25. The first-order valence-corrected chi connectivity index (χ1v) is 6.87. The predicted octanol–water partition coefficient (Wildman–Crippen LogP) is 2.52. The van der Waals surface area contributed by atoms with Crippen molar-refractivity contribution in [2.24, 2.45) is 11.7 Å². The van der Waals surface area contributed by atoms with Crippen LogP contribution in [0.4, 0.5) is 4.39 Å². The van der Waals surface area contributed by atoms with Crippen molar-refractivity contribution in [2.45, 2.75) is 44.7 Å². The second-order valence-corrected chi connectivity index (χ2v) is 5.39. The Bertz CT molecular complexity index is 442. The first-order valence-electron chi connectivity index (χ1n) is 6.87. The molecule has 1 aromatic carbocycles. The molecular weight excluding hydrogens is 243 g/mol. The highest BCUT2D eigenvalue weighted by molar-refractivity contribution is 5.76. The molecule has 4 heteroatoms. The molecule has 1 aliphatic rings. The molecule has 1 aliphatic carbocycles. The van der Waals surface area contributed by atoms with Gasteiger partial charge in [0.15, 0.2) is 0 Å². The Hall–Kier alpha value is -1.42. The third kappa shape index (κ3) is 3.77. The minimum Gasteiger partial charge on any atom is -0.369 e. The van der Waals surface area contributed by atoms with Gasteiger partial charge in [-0.05, 0) is 50.3 Å². The molecule has 2 rings (SSSR count). The SMILES string of the molecule is CC(NC1CCC(C(N)=O)CC1)c1cccc(F)c1. The number of primary amides is 1. The molecule has 0 heterocycles. The van der Waals surface area contributed by atoms with Crippen molar-refractivity contribution in [1.82, 2.24) is 5.32 Å². The van der Waals surface area contributed by atoms with Crippen molar-refractivity contribution in [3.8, 4) is 0 Å². The highest BCUT2D eigenvalue weighted by Crippen LogP contribution is 2.26. The first-order chi connectivity index (χ1) is 9.06. The van der Waals surface area contributed by atoms with Crippen LogP contribution in [-0.4, -0.2) is 11.9 Å². The zero-order valence-corrected chi connectivity index (χ0v) is 11.2. The summed E-state index contributed by atoms with van der Waals surface area (Å²) in [5.41, 5.74) is 6.28. The van der Waals surface area contributed by atoms with E-state index < -0.39 is 0 Å². The van der Waals surface area contributed by atoms with Crippen molar-refractivity contribution in [2.75, 3.05) is 0 Å². The molecule has 1 atom stereocenters. The molecule has 1 saturated carbocycles. The van der Waals surface area contributed by atoms with E-state index in [0.29, 0.717) is 6.04 Å². The van der Waals surface area contributed by atoms with Crippen LogP contribution in [0.5, 0.6) is 0 Å². The number of rotatable bonds is 4. The van der Waals surface area contributed by atoms with Gasteiger partial charge in [0.1, 0.15) is 5.82 Å². The molecular formula is C15H21FN2O. The largest absolute Gasteiger partial charge is 0.369 e. The molecule has 1 fully saturated rings. The summed E-state index contributed by atoms with van der Waals surface area (Å²) in [6.07, 6.45) is 3.60. The van der Waals surface area contributed by atoms with E-state index in [0.717, 1.165) is 31.2 Å². The summed E-state index contributed by atoms with van der Waals surface area (Å²) < 4.78 is 13.2. The minimum atomic E-state index is -0.205. The molecule has 104 valence electrons. The zero-order valence-electron chi connectivity index (χ0n) is 11.2. The van der Waals surface area contributed by atoms with Gasteiger partial charge in [-0.1, -0.05) is 12.1 Å². The normalized spacial score (nSPS) is 24.9. The van der Waals surface area contributed by atoms with Gasteiger partial charge in [-0.25, -0.2) is 4.39 Å². The molecule has 0 radical (unpaired) electrons. The first kappa shape index (κ1) is 14.0. The number of carbonyl (C=O) groups excluding carboxylic acids is 1. The van der Waals surface area contributed by atoms with Crippen molar-refractivity contribution in [3.63, 3.8) is 0 Å². The van der Waals surface area contributed by atoms with E-state index in [1.807, 2.05) is 13.0 Å². The maximum absolute atomic E-state index is 13.2. The van der Waals surface area contributed by atoms with Crippen LogP contribution in [0.15, 0.2) is 24.3 Å². The Kier molecular flexibility index (Phi) is 4.53. The predicted molar refractivity (Wildman–Crippen MR) is 72.9 cm³/mol. The topological polar surface area (TPSA) is 55.1 Å². The average molecular weight is 264 g/mol. The van der Waals surface area contributed by atoms with Gasteiger partial charge in [-0.3, -0.25) is 4.79 Å². The van der Waals surface area contributed by atoms with Gasteiger partial charge < -0.3 is 11.1 Å². The van der Waals surface area contributed by atoms with Crippen LogP contribution in [0.3, 0.4) is 0 Å². The highest BCUT2D eigenvalue weighted by atomic mass is 19.1. The Morgan fingerprint density at radius 1 is 1.37 bits per heavy atom. The average Bonchev–Trinajstić information content (AvgIpc) is 2.39. The van der Waals surface area contributed by atoms with Crippen LogP contribution >= 0.6 is 0 Å². The molecule has 0 aromatic heterocycles. The lowest BCUT2D eigenvalue weighted by Gasteiger charge is -2.30. The Balaban J connectivity index is 1.87. The van der Waals surface area contributed by atoms with Crippen LogP contribution in [0.2, 0.25) is 0 Å². The lowest BCUT2D eigenvalue weighted by atomic mass is 9.85. The number of benzene rings is 1. The summed E-state index contributed by atoms with van der Waals surface area (Å²) in [4.78, 5) is 11.1. The maximum Gasteiger partial charge on any atom is 0.220 e. The van der Waals surface area contributed by atoms with Gasteiger partial charge in [0, 0.05) is 18.0 Å². The van der Waals surface area contributed by atoms with E-state index in [1.54, 1.807) is 12.1 Å². The Labute approximate surface area is 113 Å². The van der Waals surface area contributed by atoms with Crippen molar-refractivity contribution in [3.05, 3.63) is 35.6 Å². The zero-order chi connectivity index (χ0) is 13.8. The standard InChI is InChI=1S/C15H21FN2O/c1-10(12-3-2-4-13(16)9-12)18-14-7-5-11(6-8-14)15(17)19/h2-4,9-11,14,18H,5-8H2,1H3,(H2,17,19). The summed E-state index contributed by atoms with van der Waals surface area (Å²) in [7, 11) is 0. The lowest BCUT2D eigenvalue weighted by molar-refractivity contribution is -0.122. The summed E-state index contributed by atoms with van der Waals surface area (Å²) in [6, 6.07) is 7.17. The van der Waals surface area contributed by atoms with E-state index in [9.17, 15) is 9.18 Å². The monoisotopic (exact) mass is 264 g/mol. The van der Waals surface area contributed by atoms with Crippen LogP contribution in [0, 0.1) is 11.7 Å². The number of carbonyl (C=O) groups is 1. The van der Waals surface area contributed by atoms with E-state index in [1.165, 1.54) is 6.07 Å². The number of halogens is 1. The fraction of sp³-hybridized carbons (Fsp3) is 0.533. The van der Waals surface area contributed by atoms with Crippen LogP contribution in [0.1, 0.15) is 44.2 Å². The van der Waals surface area contributed by atoms with Gasteiger partial charge in [0.2, 0.25) is 5.91 Å². The smallest absolute Gasteiger partial charge is 0.220 e. The molecule has 3 N–H and O–H groups in total. The second kappa shape index (κ2) is 6.15. The van der Waals surface area contributed by atoms with Crippen molar-refractivity contribution < 1.29 is 9.18 Å². The molecule has 0 saturated heterocycles. The molecule has 0 aliphatic heterocycles. The maximum atomic E-state index is 13.2. The molecule has 0 bridgehead atoms. The number of hydrogen-bond donors (Lipinski definition) is 2. The van der Waals surface area contributed by atoms with Crippen LogP contribution in [-0.2, 0) is 4.79 Å². The quantitative estimate of drug-likeness (QED) is 0.878. The summed E-state index contributed by atoms with van der Waals surface area (Å²) in [5, 5.41) is 3.50. The van der Waals surface area contributed by atoms with E-state index >= 15 is 0 Å². The third-order valence-electron chi connectivity index (χ3n) is 3.96. The summed E-state index contributed by atoms with van der Waals surface area (Å²) in [5.74, 6) is -0.359. The molecule has 1 unspecified atom stereocenters. The second-order valence-electron chi connectivity index (χ2n) is 5.39. The Morgan fingerprint density at radius 3 is 2.63 bits per heavy atom.